The predicted octanol–water partition coefficient (Wildman–Crippen LogP) is 3.34. The molecular formula is C16H27N3O. The topological polar surface area (TPSA) is 45.2 Å². The molecule has 0 saturated carbocycles. The number of hydrogen-bond acceptors (Lipinski definition) is 3. The molecule has 112 valence electrons. The molecule has 20 heavy (non-hydrogen) atoms. The van der Waals surface area contributed by atoms with Gasteiger partial charge in [-0.05, 0) is 31.9 Å². The number of nitrogens with zero attached hydrogens (tertiary/aromatic N) is 2. The molecule has 0 radical (unpaired) electrons. The number of unbranched alkanes of at least 4 members (excludes halogenated alkanes) is 2. The van der Waals surface area contributed by atoms with Crippen LogP contribution in [0.1, 0.15) is 56.1 Å². The molecule has 0 aliphatic rings. The number of anilines is 1. The van der Waals surface area contributed by atoms with E-state index < -0.39 is 0 Å². The molecule has 1 aromatic rings. The number of aromatic nitrogens is 1. The van der Waals surface area contributed by atoms with E-state index in [-0.39, 0.29) is 5.91 Å². The van der Waals surface area contributed by atoms with Gasteiger partial charge in [0.25, 0.3) is 5.91 Å². The van der Waals surface area contributed by atoms with E-state index in [1.54, 1.807) is 4.90 Å². The van der Waals surface area contributed by atoms with Gasteiger partial charge in [-0.25, -0.2) is 4.98 Å². The third kappa shape index (κ3) is 4.83. The summed E-state index contributed by atoms with van der Waals surface area (Å²) in [7, 11) is 1.87. The molecule has 0 saturated heterocycles. The maximum Gasteiger partial charge on any atom is 0.253 e. The van der Waals surface area contributed by atoms with Gasteiger partial charge < -0.3 is 10.2 Å². The second kappa shape index (κ2) is 8.56. The first kappa shape index (κ1) is 16.5. The summed E-state index contributed by atoms with van der Waals surface area (Å²) >= 11 is 0. The van der Waals surface area contributed by atoms with Crippen molar-refractivity contribution >= 4 is 11.7 Å². The number of aryl methyl sites for hydroxylation is 1. The molecule has 1 N–H and O–H groups in total. The van der Waals surface area contributed by atoms with Crippen LogP contribution in [-0.4, -0.2) is 35.9 Å². The van der Waals surface area contributed by atoms with Gasteiger partial charge in [-0.2, -0.15) is 0 Å². The first-order chi connectivity index (χ1) is 9.62. The van der Waals surface area contributed by atoms with Crippen LogP contribution in [0.3, 0.4) is 0 Å². The van der Waals surface area contributed by atoms with Crippen molar-refractivity contribution in [3.05, 3.63) is 23.4 Å². The molecule has 0 aliphatic carbocycles. The second-order valence-corrected chi connectivity index (χ2v) is 5.05. The van der Waals surface area contributed by atoms with Crippen LogP contribution in [0.4, 0.5) is 5.82 Å². The fourth-order valence-electron chi connectivity index (χ4n) is 2.08. The molecule has 0 aliphatic heterocycles. The monoisotopic (exact) mass is 277 g/mol. The SMILES string of the molecule is CCCCCN(C)C(=O)c1cc(CC)nc(NCC)c1. The second-order valence-electron chi connectivity index (χ2n) is 5.05. The van der Waals surface area contributed by atoms with Crippen molar-refractivity contribution in [2.75, 3.05) is 25.5 Å². The summed E-state index contributed by atoms with van der Waals surface area (Å²) < 4.78 is 0. The van der Waals surface area contributed by atoms with Crippen LogP contribution < -0.4 is 5.32 Å². The molecule has 1 heterocycles. The summed E-state index contributed by atoms with van der Waals surface area (Å²) in [6.45, 7) is 7.87. The van der Waals surface area contributed by atoms with Gasteiger partial charge in [0, 0.05) is 31.4 Å². The van der Waals surface area contributed by atoms with E-state index in [1.807, 2.05) is 26.1 Å². The number of rotatable bonds is 8. The number of amides is 1. The number of hydrogen-bond donors (Lipinski definition) is 1. The van der Waals surface area contributed by atoms with Crippen molar-refractivity contribution in [2.24, 2.45) is 0 Å². The highest BCUT2D eigenvalue weighted by Gasteiger charge is 2.13. The summed E-state index contributed by atoms with van der Waals surface area (Å²) in [6.07, 6.45) is 4.22. The van der Waals surface area contributed by atoms with Crippen LogP contribution in [0.25, 0.3) is 0 Å². The molecule has 1 rings (SSSR count). The standard InChI is InChI=1S/C16H27N3O/c1-5-8-9-10-19(4)16(20)13-11-14(6-2)18-15(12-13)17-7-3/h11-12H,5-10H2,1-4H3,(H,17,18). The lowest BCUT2D eigenvalue weighted by atomic mass is 10.1. The zero-order valence-corrected chi connectivity index (χ0v) is 13.2. The minimum absolute atomic E-state index is 0.0809. The lowest BCUT2D eigenvalue weighted by Gasteiger charge is -2.18. The molecule has 0 bridgehead atoms. The van der Waals surface area contributed by atoms with Gasteiger partial charge in [-0.15, -0.1) is 0 Å². The van der Waals surface area contributed by atoms with Crippen molar-refractivity contribution in [2.45, 2.75) is 46.5 Å². The Bertz CT molecular complexity index is 432. The Balaban J connectivity index is 2.82. The Morgan fingerprint density at radius 1 is 1.25 bits per heavy atom. The van der Waals surface area contributed by atoms with Crippen LogP contribution in [0, 0.1) is 0 Å². The molecule has 1 amide bonds. The minimum Gasteiger partial charge on any atom is -0.370 e. The number of pyridine rings is 1. The van der Waals surface area contributed by atoms with Crippen molar-refractivity contribution in [3.63, 3.8) is 0 Å². The fourth-order valence-corrected chi connectivity index (χ4v) is 2.08. The van der Waals surface area contributed by atoms with E-state index in [0.717, 1.165) is 49.4 Å². The maximum absolute atomic E-state index is 12.4. The highest BCUT2D eigenvalue weighted by molar-refractivity contribution is 5.94. The van der Waals surface area contributed by atoms with Gasteiger partial charge in [0.2, 0.25) is 0 Å². The third-order valence-electron chi connectivity index (χ3n) is 3.29. The summed E-state index contributed by atoms with van der Waals surface area (Å²) in [6, 6.07) is 3.75. The predicted molar refractivity (Wildman–Crippen MR) is 84.3 cm³/mol. The zero-order valence-electron chi connectivity index (χ0n) is 13.2. The smallest absolute Gasteiger partial charge is 0.253 e. The van der Waals surface area contributed by atoms with Gasteiger partial charge in [0.1, 0.15) is 5.82 Å². The maximum atomic E-state index is 12.4. The van der Waals surface area contributed by atoms with Gasteiger partial charge in [-0.1, -0.05) is 26.7 Å². The van der Waals surface area contributed by atoms with Crippen molar-refractivity contribution < 1.29 is 4.79 Å². The lowest BCUT2D eigenvalue weighted by molar-refractivity contribution is 0.0792. The van der Waals surface area contributed by atoms with E-state index >= 15 is 0 Å². The van der Waals surface area contributed by atoms with Crippen molar-refractivity contribution in [3.8, 4) is 0 Å². The highest BCUT2D eigenvalue weighted by Crippen LogP contribution is 2.13. The number of carbonyl (C=O) groups is 1. The van der Waals surface area contributed by atoms with E-state index in [4.69, 9.17) is 0 Å². The van der Waals surface area contributed by atoms with Gasteiger partial charge in [0.15, 0.2) is 0 Å². The van der Waals surface area contributed by atoms with E-state index in [0.29, 0.717) is 0 Å². The Hall–Kier alpha value is -1.58. The van der Waals surface area contributed by atoms with E-state index in [9.17, 15) is 4.79 Å². The first-order valence-electron chi connectivity index (χ1n) is 7.62. The molecule has 0 unspecified atom stereocenters. The molecular weight excluding hydrogens is 250 g/mol. The van der Waals surface area contributed by atoms with E-state index in [2.05, 4.69) is 24.1 Å². The molecule has 4 heteroatoms. The summed E-state index contributed by atoms with van der Waals surface area (Å²) in [5, 5.41) is 3.19. The minimum atomic E-state index is 0.0809. The van der Waals surface area contributed by atoms with Crippen LogP contribution in [0.2, 0.25) is 0 Å². The number of nitrogens with one attached hydrogen (secondary N) is 1. The molecule has 0 atom stereocenters. The molecule has 4 nitrogen and oxygen atoms in total. The van der Waals surface area contributed by atoms with E-state index in [1.165, 1.54) is 6.42 Å². The third-order valence-corrected chi connectivity index (χ3v) is 3.29. The van der Waals surface area contributed by atoms with Gasteiger partial charge >= 0.3 is 0 Å². The Morgan fingerprint density at radius 3 is 2.60 bits per heavy atom. The highest BCUT2D eigenvalue weighted by atomic mass is 16.2. The normalized spacial score (nSPS) is 10.4. The summed E-state index contributed by atoms with van der Waals surface area (Å²) in [4.78, 5) is 18.7. The van der Waals surface area contributed by atoms with Gasteiger partial charge in [-0.3, -0.25) is 4.79 Å². The molecule has 0 aromatic carbocycles. The zero-order chi connectivity index (χ0) is 15.0. The average molecular weight is 277 g/mol. The Morgan fingerprint density at radius 2 is 2.00 bits per heavy atom. The lowest BCUT2D eigenvalue weighted by Crippen LogP contribution is -2.28. The number of carbonyl (C=O) groups excluding carboxylic acids is 1. The van der Waals surface area contributed by atoms with Crippen LogP contribution >= 0.6 is 0 Å². The average Bonchev–Trinajstić information content (AvgIpc) is 2.46. The summed E-state index contributed by atoms with van der Waals surface area (Å²) in [5.74, 6) is 0.870. The quantitative estimate of drug-likeness (QED) is 0.741. The Labute approximate surface area is 122 Å². The van der Waals surface area contributed by atoms with Crippen molar-refractivity contribution in [1.82, 2.24) is 9.88 Å². The largest absolute Gasteiger partial charge is 0.370 e. The van der Waals surface area contributed by atoms with Crippen molar-refractivity contribution in [1.29, 1.82) is 0 Å². The molecule has 1 aromatic heterocycles. The van der Waals surface area contributed by atoms with Gasteiger partial charge in [0.05, 0.1) is 0 Å². The first-order valence-corrected chi connectivity index (χ1v) is 7.62. The molecule has 0 fully saturated rings. The van der Waals surface area contributed by atoms with Crippen LogP contribution in [-0.2, 0) is 6.42 Å². The molecule has 0 spiro atoms. The summed E-state index contributed by atoms with van der Waals surface area (Å²) in [5.41, 5.74) is 1.68. The van der Waals surface area contributed by atoms with Crippen LogP contribution in [0.5, 0.6) is 0 Å². The Kier molecular flexibility index (Phi) is 7.05. The van der Waals surface area contributed by atoms with Crippen LogP contribution in [0.15, 0.2) is 12.1 Å². The fraction of sp³-hybridized carbons (Fsp3) is 0.625.